The summed E-state index contributed by atoms with van der Waals surface area (Å²) in [5.41, 5.74) is 1.59. The summed E-state index contributed by atoms with van der Waals surface area (Å²) in [7, 11) is 1.57. The second-order valence-corrected chi connectivity index (χ2v) is 5.91. The monoisotopic (exact) mass is 368 g/mol. The molecule has 0 unspecified atom stereocenters. The number of carbonyl (C=O) groups excluding carboxylic acids is 1. The molecule has 6 nitrogen and oxygen atoms in total. The highest BCUT2D eigenvalue weighted by molar-refractivity contribution is 6.31. The van der Waals surface area contributed by atoms with Gasteiger partial charge in [-0.15, -0.1) is 0 Å². The zero-order valence-electron chi connectivity index (χ0n) is 14.3. The zero-order chi connectivity index (χ0) is 18.5. The summed E-state index contributed by atoms with van der Waals surface area (Å²) in [5, 5.41) is 6.49. The molecule has 1 heterocycles. The highest BCUT2D eigenvalue weighted by Crippen LogP contribution is 2.30. The molecule has 0 spiro atoms. The zero-order valence-corrected chi connectivity index (χ0v) is 15.0. The van der Waals surface area contributed by atoms with Crippen molar-refractivity contribution in [3.05, 3.63) is 71.1 Å². The average molecular weight is 369 g/mol. The fraction of sp³-hybridized carbons (Fsp3) is 0.105. The van der Waals surface area contributed by atoms with Gasteiger partial charge in [0.05, 0.1) is 12.8 Å². The summed E-state index contributed by atoms with van der Waals surface area (Å²) in [6.45, 7) is 1.72. The van der Waals surface area contributed by atoms with Gasteiger partial charge in [-0.05, 0) is 37.3 Å². The van der Waals surface area contributed by atoms with Crippen LogP contribution in [-0.2, 0) is 0 Å². The second kappa shape index (κ2) is 7.84. The van der Waals surface area contributed by atoms with Crippen LogP contribution >= 0.6 is 11.6 Å². The standard InChI is InChI=1S/C19H17ClN4O2/c1-12-21-16(19(25)23-14-6-4-3-5-7-14)11-18(22-12)24-15-10-13(20)8-9-17(15)26-2/h3-11H,1-2H3,(H,23,25)(H,21,22,24). The molecular weight excluding hydrogens is 352 g/mol. The lowest BCUT2D eigenvalue weighted by atomic mass is 10.2. The fourth-order valence-corrected chi connectivity index (χ4v) is 2.55. The van der Waals surface area contributed by atoms with Crippen molar-refractivity contribution in [2.45, 2.75) is 6.92 Å². The number of anilines is 3. The summed E-state index contributed by atoms with van der Waals surface area (Å²) in [5.74, 6) is 1.23. The van der Waals surface area contributed by atoms with E-state index in [1.165, 1.54) is 0 Å². The Labute approximate surface area is 156 Å². The number of nitrogens with zero attached hydrogens (tertiary/aromatic N) is 2. The van der Waals surface area contributed by atoms with Crippen LogP contribution in [0.25, 0.3) is 0 Å². The Morgan fingerprint density at radius 1 is 1.08 bits per heavy atom. The number of nitrogens with one attached hydrogen (secondary N) is 2. The number of aryl methyl sites for hydroxylation is 1. The molecule has 0 aliphatic rings. The highest BCUT2D eigenvalue weighted by Gasteiger charge is 2.12. The van der Waals surface area contributed by atoms with Gasteiger partial charge in [-0.2, -0.15) is 0 Å². The Morgan fingerprint density at radius 2 is 1.85 bits per heavy atom. The summed E-state index contributed by atoms with van der Waals surface area (Å²) in [4.78, 5) is 21.0. The van der Waals surface area contributed by atoms with Crippen LogP contribution in [0.1, 0.15) is 16.3 Å². The van der Waals surface area contributed by atoms with E-state index < -0.39 is 0 Å². The van der Waals surface area contributed by atoms with Crippen molar-refractivity contribution < 1.29 is 9.53 Å². The minimum absolute atomic E-state index is 0.254. The van der Waals surface area contributed by atoms with E-state index in [-0.39, 0.29) is 11.6 Å². The number of amides is 1. The highest BCUT2D eigenvalue weighted by atomic mass is 35.5. The Bertz CT molecular complexity index is 932. The Kier molecular flexibility index (Phi) is 5.34. The molecule has 0 atom stereocenters. The molecule has 1 aromatic heterocycles. The molecular formula is C19H17ClN4O2. The second-order valence-electron chi connectivity index (χ2n) is 5.48. The average Bonchev–Trinajstić information content (AvgIpc) is 2.62. The Hall–Kier alpha value is -3.12. The van der Waals surface area contributed by atoms with Gasteiger partial charge in [0, 0.05) is 16.8 Å². The molecule has 0 fully saturated rings. The van der Waals surface area contributed by atoms with Crippen LogP contribution in [-0.4, -0.2) is 23.0 Å². The van der Waals surface area contributed by atoms with Gasteiger partial charge in [0.1, 0.15) is 23.1 Å². The fourth-order valence-electron chi connectivity index (χ4n) is 2.38. The van der Waals surface area contributed by atoms with Crippen LogP contribution < -0.4 is 15.4 Å². The molecule has 0 aliphatic carbocycles. The van der Waals surface area contributed by atoms with E-state index in [4.69, 9.17) is 16.3 Å². The van der Waals surface area contributed by atoms with Crippen LogP contribution in [0.4, 0.5) is 17.2 Å². The molecule has 1 amide bonds. The molecule has 0 saturated carbocycles. The van der Waals surface area contributed by atoms with Gasteiger partial charge in [0.2, 0.25) is 0 Å². The van der Waals surface area contributed by atoms with Crippen LogP contribution in [0.5, 0.6) is 5.75 Å². The summed E-state index contributed by atoms with van der Waals surface area (Å²) in [6.07, 6.45) is 0. The summed E-state index contributed by atoms with van der Waals surface area (Å²) < 4.78 is 5.32. The third-order valence-corrected chi connectivity index (χ3v) is 3.76. The van der Waals surface area contributed by atoms with E-state index in [0.29, 0.717) is 33.8 Å². The van der Waals surface area contributed by atoms with Gasteiger partial charge in [-0.3, -0.25) is 4.79 Å². The van der Waals surface area contributed by atoms with Crippen molar-refractivity contribution in [1.29, 1.82) is 0 Å². The SMILES string of the molecule is COc1ccc(Cl)cc1Nc1cc(C(=O)Nc2ccccc2)nc(C)n1. The van der Waals surface area contributed by atoms with Crippen molar-refractivity contribution in [2.75, 3.05) is 17.7 Å². The summed E-state index contributed by atoms with van der Waals surface area (Å²) >= 11 is 6.05. The lowest BCUT2D eigenvalue weighted by Crippen LogP contribution is -2.15. The van der Waals surface area contributed by atoms with Gasteiger partial charge < -0.3 is 15.4 Å². The maximum atomic E-state index is 12.5. The number of aromatic nitrogens is 2. The van der Waals surface area contributed by atoms with Crippen molar-refractivity contribution in [2.24, 2.45) is 0 Å². The van der Waals surface area contributed by atoms with Gasteiger partial charge in [-0.25, -0.2) is 9.97 Å². The predicted octanol–water partition coefficient (Wildman–Crippen LogP) is 4.44. The number of rotatable bonds is 5. The summed E-state index contributed by atoms with van der Waals surface area (Å²) in [6, 6.07) is 16.0. The van der Waals surface area contributed by atoms with Crippen LogP contribution in [0, 0.1) is 6.92 Å². The molecule has 0 saturated heterocycles. The third-order valence-electron chi connectivity index (χ3n) is 3.53. The first-order chi connectivity index (χ1) is 12.5. The molecule has 2 N–H and O–H groups in total. The predicted molar refractivity (Wildman–Crippen MR) is 102 cm³/mol. The minimum atomic E-state index is -0.317. The number of para-hydroxylation sites is 1. The minimum Gasteiger partial charge on any atom is -0.495 e. The van der Waals surface area contributed by atoms with E-state index >= 15 is 0 Å². The lowest BCUT2D eigenvalue weighted by Gasteiger charge is -2.12. The van der Waals surface area contributed by atoms with Crippen LogP contribution in [0.2, 0.25) is 5.02 Å². The molecule has 2 aromatic carbocycles. The molecule has 3 aromatic rings. The first kappa shape index (κ1) is 17.7. The smallest absolute Gasteiger partial charge is 0.274 e. The van der Waals surface area contributed by atoms with Gasteiger partial charge in [0.15, 0.2) is 0 Å². The normalized spacial score (nSPS) is 10.3. The number of benzene rings is 2. The largest absolute Gasteiger partial charge is 0.495 e. The molecule has 7 heteroatoms. The van der Waals surface area contributed by atoms with Crippen molar-refractivity contribution in [3.8, 4) is 5.75 Å². The topological polar surface area (TPSA) is 76.1 Å². The first-order valence-electron chi connectivity index (χ1n) is 7.88. The van der Waals surface area contributed by atoms with Crippen LogP contribution in [0.15, 0.2) is 54.6 Å². The van der Waals surface area contributed by atoms with E-state index in [9.17, 15) is 4.79 Å². The van der Waals surface area contributed by atoms with Gasteiger partial charge in [-0.1, -0.05) is 29.8 Å². The van der Waals surface area contributed by atoms with Crippen molar-refractivity contribution in [1.82, 2.24) is 9.97 Å². The maximum absolute atomic E-state index is 12.5. The Balaban J connectivity index is 1.86. The Morgan fingerprint density at radius 3 is 2.58 bits per heavy atom. The first-order valence-corrected chi connectivity index (χ1v) is 8.25. The molecule has 0 bridgehead atoms. The third kappa shape index (κ3) is 4.29. The van der Waals surface area contributed by atoms with E-state index in [1.807, 2.05) is 30.3 Å². The number of carbonyl (C=O) groups is 1. The van der Waals surface area contributed by atoms with Crippen molar-refractivity contribution in [3.63, 3.8) is 0 Å². The lowest BCUT2D eigenvalue weighted by molar-refractivity contribution is 0.102. The van der Waals surface area contributed by atoms with Gasteiger partial charge >= 0.3 is 0 Å². The van der Waals surface area contributed by atoms with E-state index in [2.05, 4.69) is 20.6 Å². The number of hydrogen-bond donors (Lipinski definition) is 2. The van der Waals surface area contributed by atoms with E-state index in [1.54, 1.807) is 38.3 Å². The maximum Gasteiger partial charge on any atom is 0.274 e. The molecule has 0 radical (unpaired) electrons. The van der Waals surface area contributed by atoms with Gasteiger partial charge in [0.25, 0.3) is 5.91 Å². The van der Waals surface area contributed by atoms with E-state index in [0.717, 1.165) is 0 Å². The molecule has 132 valence electrons. The molecule has 26 heavy (non-hydrogen) atoms. The molecule has 0 aliphatic heterocycles. The number of halogens is 1. The molecule has 3 rings (SSSR count). The quantitative estimate of drug-likeness (QED) is 0.696. The number of ether oxygens (including phenoxy) is 1. The number of hydrogen-bond acceptors (Lipinski definition) is 5. The number of methoxy groups -OCH3 is 1. The van der Waals surface area contributed by atoms with Crippen molar-refractivity contribution >= 4 is 34.7 Å². The van der Waals surface area contributed by atoms with Crippen LogP contribution in [0.3, 0.4) is 0 Å².